The number of rotatable bonds is 6. The molecule has 0 unspecified atom stereocenters. The Balaban J connectivity index is 1.53. The molecule has 9 nitrogen and oxygen atoms in total. The molecule has 1 aliphatic rings. The highest BCUT2D eigenvalue weighted by Crippen LogP contribution is 2.23. The van der Waals surface area contributed by atoms with Crippen molar-refractivity contribution in [2.45, 2.75) is 11.7 Å². The van der Waals surface area contributed by atoms with Gasteiger partial charge in [-0.05, 0) is 29.8 Å². The number of hydrogen-bond donors (Lipinski definition) is 2. The Morgan fingerprint density at radius 1 is 1.24 bits per heavy atom. The summed E-state index contributed by atoms with van der Waals surface area (Å²) in [6.45, 7) is 0. The minimum atomic E-state index is -0.641. The third kappa shape index (κ3) is 5.87. The van der Waals surface area contributed by atoms with E-state index in [1.165, 1.54) is 30.5 Å². The molecule has 29 heavy (non-hydrogen) atoms. The van der Waals surface area contributed by atoms with Crippen LogP contribution in [0, 0.1) is 10.1 Å². The van der Waals surface area contributed by atoms with E-state index in [9.17, 15) is 19.7 Å². The van der Waals surface area contributed by atoms with Gasteiger partial charge >= 0.3 is 0 Å². The fourth-order valence-corrected chi connectivity index (χ4v) is 3.38. The van der Waals surface area contributed by atoms with Gasteiger partial charge in [0, 0.05) is 29.3 Å². The van der Waals surface area contributed by atoms with Crippen molar-refractivity contribution in [2.75, 3.05) is 5.32 Å². The van der Waals surface area contributed by atoms with Crippen molar-refractivity contribution in [1.29, 1.82) is 0 Å². The molecule has 1 fully saturated rings. The van der Waals surface area contributed by atoms with Gasteiger partial charge in [-0.25, -0.2) is 0 Å². The number of carbonyl (C=O) groups is 2. The van der Waals surface area contributed by atoms with Gasteiger partial charge in [0.25, 0.3) is 5.69 Å². The molecule has 1 atom stereocenters. The van der Waals surface area contributed by atoms with Crippen LogP contribution >= 0.6 is 23.4 Å². The molecule has 2 N–H and O–H groups in total. The number of non-ortho nitro benzene ring substituents is 1. The first kappa shape index (κ1) is 20.5. The number of hydrogen-bond acceptors (Lipinski definition) is 7. The molecule has 2 amide bonds. The summed E-state index contributed by atoms with van der Waals surface area (Å²) >= 11 is 6.92. The minimum absolute atomic E-state index is 0.0752. The van der Waals surface area contributed by atoms with Gasteiger partial charge in [-0.2, -0.15) is 5.10 Å². The third-order valence-corrected chi connectivity index (χ3v) is 5.06. The molecule has 148 valence electrons. The fourth-order valence-electron chi connectivity index (χ4n) is 2.33. The Morgan fingerprint density at radius 3 is 2.59 bits per heavy atom. The van der Waals surface area contributed by atoms with Crippen LogP contribution in [0.1, 0.15) is 12.0 Å². The number of thioether (sulfide) groups is 1. The van der Waals surface area contributed by atoms with E-state index in [0.717, 1.165) is 17.3 Å². The molecule has 1 aliphatic heterocycles. The molecule has 0 radical (unpaired) electrons. The van der Waals surface area contributed by atoms with Gasteiger partial charge in [-0.1, -0.05) is 35.5 Å². The number of nitro benzene ring substituents is 1. The summed E-state index contributed by atoms with van der Waals surface area (Å²) in [6, 6.07) is 12.4. The molecule has 3 rings (SSSR count). The van der Waals surface area contributed by atoms with Crippen molar-refractivity contribution in [3.8, 4) is 0 Å². The van der Waals surface area contributed by atoms with E-state index in [2.05, 4.69) is 20.8 Å². The normalized spacial score (nSPS) is 17.5. The van der Waals surface area contributed by atoms with Crippen LogP contribution < -0.4 is 10.6 Å². The number of nitro groups is 1. The number of nitrogens with one attached hydrogen (secondary N) is 2. The van der Waals surface area contributed by atoms with Gasteiger partial charge in [0.05, 0.1) is 11.1 Å². The fraction of sp³-hybridized carbons (Fsp3) is 0.111. The molecule has 11 heteroatoms. The molecule has 0 aliphatic carbocycles. The van der Waals surface area contributed by atoms with Gasteiger partial charge in [-0.3, -0.25) is 19.7 Å². The summed E-state index contributed by atoms with van der Waals surface area (Å²) < 4.78 is 0. The molecule has 1 saturated heterocycles. The van der Waals surface area contributed by atoms with Crippen molar-refractivity contribution >= 4 is 57.9 Å². The number of nitrogens with zero attached hydrogens (tertiary/aromatic N) is 3. The Labute approximate surface area is 174 Å². The van der Waals surface area contributed by atoms with E-state index in [1.54, 1.807) is 24.3 Å². The van der Waals surface area contributed by atoms with Crippen molar-refractivity contribution in [3.05, 3.63) is 69.2 Å². The number of anilines is 1. The monoisotopic (exact) mass is 431 g/mol. The zero-order valence-electron chi connectivity index (χ0n) is 14.7. The highest BCUT2D eigenvalue weighted by atomic mass is 35.5. The third-order valence-electron chi connectivity index (χ3n) is 3.73. The quantitative estimate of drug-likeness (QED) is 0.412. The first-order valence-corrected chi connectivity index (χ1v) is 9.55. The molecule has 2 aromatic carbocycles. The predicted molar refractivity (Wildman–Crippen MR) is 112 cm³/mol. The average molecular weight is 432 g/mol. The molecule has 1 heterocycles. The second-order valence-electron chi connectivity index (χ2n) is 5.85. The van der Waals surface area contributed by atoms with Gasteiger partial charge < -0.3 is 10.6 Å². The standard InChI is InChI=1S/C18H14ClN5O4S/c19-12-3-1-11(2-4-12)10-20-23-18-22-17(26)15(29-18)9-16(25)21-13-5-7-14(8-6-13)24(27)28/h1-8,10,15H,9H2,(H,21,25)(H,22,23,26)/b20-10-/t15-/m0/s1. The summed E-state index contributed by atoms with van der Waals surface area (Å²) in [7, 11) is 0. The smallest absolute Gasteiger partial charge is 0.269 e. The topological polar surface area (TPSA) is 126 Å². The highest BCUT2D eigenvalue weighted by molar-refractivity contribution is 8.15. The minimum Gasteiger partial charge on any atom is -0.326 e. The first-order chi connectivity index (χ1) is 13.9. The molecular weight excluding hydrogens is 418 g/mol. The van der Waals surface area contributed by atoms with Gasteiger partial charge in [0.15, 0.2) is 5.17 Å². The van der Waals surface area contributed by atoms with Crippen LogP contribution in [0.15, 0.2) is 58.7 Å². The Kier molecular flexibility index (Phi) is 6.57. The maximum Gasteiger partial charge on any atom is 0.269 e. The largest absolute Gasteiger partial charge is 0.326 e. The molecule has 0 spiro atoms. The Bertz CT molecular complexity index is 992. The lowest BCUT2D eigenvalue weighted by molar-refractivity contribution is -0.384. The average Bonchev–Trinajstić information content (AvgIpc) is 3.03. The van der Waals surface area contributed by atoms with E-state index in [4.69, 9.17) is 11.6 Å². The van der Waals surface area contributed by atoms with Crippen LogP contribution in [-0.2, 0) is 9.59 Å². The summed E-state index contributed by atoms with van der Waals surface area (Å²) in [4.78, 5) is 34.3. The highest BCUT2D eigenvalue weighted by Gasteiger charge is 2.32. The van der Waals surface area contributed by atoms with Crippen molar-refractivity contribution in [2.24, 2.45) is 10.2 Å². The summed E-state index contributed by atoms with van der Waals surface area (Å²) in [6.07, 6.45) is 1.44. The van der Waals surface area contributed by atoms with Crippen LogP contribution in [0.2, 0.25) is 5.02 Å². The number of benzene rings is 2. The van der Waals surface area contributed by atoms with Gasteiger partial charge in [0.1, 0.15) is 5.25 Å². The molecule has 0 saturated carbocycles. The zero-order valence-corrected chi connectivity index (χ0v) is 16.3. The lowest BCUT2D eigenvalue weighted by Gasteiger charge is -2.07. The summed E-state index contributed by atoms with van der Waals surface area (Å²) in [5, 5.41) is 24.0. The second-order valence-corrected chi connectivity index (χ2v) is 7.48. The molecule has 0 aromatic heterocycles. The van der Waals surface area contributed by atoms with E-state index in [1.807, 2.05) is 0 Å². The second kappa shape index (κ2) is 9.30. The predicted octanol–water partition coefficient (Wildman–Crippen LogP) is 3.20. The lowest BCUT2D eigenvalue weighted by atomic mass is 10.2. The van der Waals surface area contributed by atoms with Crippen LogP contribution in [0.4, 0.5) is 11.4 Å². The SMILES string of the molecule is O=C(C[C@@H]1S/C(=N\N=C/c2ccc(Cl)cc2)NC1=O)Nc1ccc([N+](=O)[O-])cc1. The zero-order chi connectivity index (χ0) is 20.8. The van der Waals surface area contributed by atoms with Crippen molar-refractivity contribution < 1.29 is 14.5 Å². The van der Waals surface area contributed by atoms with Gasteiger partial charge in [0.2, 0.25) is 11.8 Å². The lowest BCUT2D eigenvalue weighted by Crippen LogP contribution is -2.28. The van der Waals surface area contributed by atoms with Crippen LogP contribution in [-0.4, -0.2) is 33.4 Å². The maximum absolute atomic E-state index is 12.1. The summed E-state index contributed by atoms with van der Waals surface area (Å²) in [5.74, 6) is -0.730. The molecule has 0 bridgehead atoms. The van der Waals surface area contributed by atoms with E-state index >= 15 is 0 Å². The van der Waals surface area contributed by atoms with Crippen molar-refractivity contribution in [3.63, 3.8) is 0 Å². The Hall–Kier alpha value is -3.24. The van der Waals surface area contributed by atoms with Gasteiger partial charge in [-0.15, -0.1) is 5.10 Å². The first-order valence-electron chi connectivity index (χ1n) is 8.29. The van der Waals surface area contributed by atoms with Crippen LogP contribution in [0.25, 0.3) is 0 Å². The van der Waals surface area contributed by atoms with Crippen molar-refractivity contribution in [1.82, 2.24) is 5.32 Å². The van der Waals surface area contributed by atoms with Crippen LogP contribution in [0.5, 0.6) is 0 Å². The number of amidine groups is 1. The van der Waals surface area contributed by atoms with Crippen LogP contribution in [0.3, 0.4) is 0 Å². The maximum atomic E-state index is 12.1. The number of carbonyl (C=O) groups excluding carboxylic acids is 2. The molecular formula is C18H14ClN5O4S. The molecule has 2 aromatic rings. The number of halogens is 1. The summed E-state index contributed by atoms with van der Waals surface area (Å²) in [5.41, 5.74) is 1.13. The number of amides is 2. The Morgan fingerprint density at radius 2 is 1.93 bits per heavy atom. The van der Waals surface area contributed by atoms with E-state index in [0.29, 0.717) is 15.9 Å². The van der Waals surface area contributed by atoms with E-state index in [-0.39, 0.29) is 18.0 Å². The van der Waals surface area contributed by atoms with E-state index < -0.39 is 16.1 Å².